The van der Waals surface area contributed by atoms with Crippen LogP contribution in [-0.4, -0.2) is 12.5 Å². The van der Waals surface area contributed by atoms with E-state index < -0.39 is 0 Å². The molecule has 0 fully saturated rings. The van der Waals surface area contributed by atoms with Crippen molar-refractivity contribution in [3.8, 4) is 6.07 Å². The highest BCUT2D eigenvalue weighted by molar-refractivity contribution is 5.75. The van der Waals surface area contributed by atoms with Crippen LogP contribution in [0.1, 0.15) is 51.9 Å². The maximum absolute atomic E-state index is 11.0. The molecule has 0 aliphatic carbocycles. The molecule has 0 aliphatic heterocycles. The Bertz CT molecular complexity index is 184. The van der Waals surface area contributed by atoms with Gasteiger partial charge >= 0.3 is 0 Å². The Hall–Kier alpha value is -1.04. The van der Waals surface area contributed by atoms with E-state index in [0.29, 0.717) is 6.42 Å². The van der Waals surface area contributed by atoms with Gasteiger partial charge in [0, 0.05) is 6.42 Å². The molecule has 1 N–H and O–H groups in total. The lowest BCUT2D eigenvalue weighted by Gasteiger charge is -2.01. The molecular weight excluding hydrogens is 176 g/mol. The second-order valence-electron chi connectivity index (χ2n) is 3.45. The van der Waals surface area contributed by atoms with Gasteiger partial charge in [0.1, 0.15) is 6.54 Å². The van der Waals surface area contributed by atoms with Gasteiger partial charge in [0.05, 0.1) is 6.07 Å². The Morgan fingerprint density at radius 2 is 1.86 bits per heavy atom. The van der Waals surface area contributed by atoms with Gasteiger partial charge in [0.2, 0.25) is 5.91 Å². The third-order valence-corrected chi connectivity index (χ3v) is 2.12. The maximum Gasteiger partial charge on any atom is 0.220 e. The first-order valence-electron chi connectivity index (χ1n) is 5.45. The van der Waals surface area contributed by atoms with Gasteiger partial charge in [-0.05, 0) is 6.42 Å². The number of carbonyl (C=O) groups is 1. The monoisotopic (exact) mass is 196 g/mol. The summed E-state index contributed by atoms with van der Waals surface area (Å²) in [5.74, 6) is 0.00189. The fourth-order valence-corrected chi connectivity index (χ4v) is 1.29. The Balaban J connectivity index is 3.11. The molecule has 0 saturated heterocycles. The maximum atomic E-state index is 11.0. The summed E-state index contributed by atoms with van der Waals surface area (Å²) in [6.07, 6.45) is 7.67. The fraction of sp³-hybridized carbons (Fsp3) is 0.818. The summed E-state index contributed by atoms with van der Waals surface area (Å²) in [6, 6.07) is 1.88. The molecule has 0 radical (unpaired) electrons. The molecule has 0 atom stereocenters. The van der Waals surface area contributed by atoms with E-state index in [1.807, 2.05) is 6.07 Å². The summed E-state index contributed by atoms with van der Waals surface area (Å²) in [4.78, 5) is 11.0. The number of hydrogen-bond donors (Lipinski definition) is 1. The highest BCUT2D eigenvalue weighted by atomic mass is 16.1. The lowest BCUT2D eigenvalue weighted by molar-refractivity contribution is -0.120. The summed E-state index contributed by atoms with van der Waals surface area (Å²) in [5, 5.41) is 10.8. The molecule has 0 rings (SSSR count). The van der Waals surface area contributed by atoms with Gasteiger partial charge in [-0.15, -0.1) is 0 Å². The standard InChI is InChI=1S/C11H20N2O/c1-2-3-4-5-6-7-8-11(14)13-10-9-12/h2-8,10H2,1H3,(H,13,14). The lowest BCUT2D eigenvalue weighted by Crippen LogP contribution is -2.22. The van der Waals surface area contributed by atoms with Crippen LogP contribution in [0.15, 0.2) is 0 Å². The molecule has 3 heteroatoms. The third-order valence-electron chi connectivity index (χ3n) is 2.12. The number of carbonyl (C=O) groups excluding carboxylic acids is 1. The molecular formula is C11H20N2O. The Morgan fingerprint density at radius 3 is 2.50 bits per heavy atom. The van der Waals surface area contributed by atoms with Crippen LogP contribution in [-0.2, 0) is 4.79 Å². The average Bonchev–Trinajstić information content (AvgIpc) is 2.20. The molecule has 0 unspecified atom stereocenters. The quantitative estimate of drug-likeness (QED) is 0.478. The van der Waals surface area contributed by atoms with Crippen LogP contribution >= 0.6 is 0 Å². The molecule has 0 aromatic heterocycles. The van der Waals surface area contributed by atoms with Gasteiger partial charge in [0.15, 0.2) is 0 Å². The predicted octanol–water partition coefficient (Wildman–Crippen LogP) is 2.38. The summed E-state index contributed by atoms with van der Waals surface area (Å²) >= 11 is 0. The van der Waals surface area contributed by atoms with Gasteiger partial charge in [-0.1, -0.05) is 39.0 Å². The smallest absolute Gasteiger partial charge is 0.220 e. The van der Waals surface area contributed by atoms with Crippen molar-refractivity contribution < 1.29 is 4.79 Å². The molecule has 0 saturated carbocycles. The normalized spacial score (nSPS) is 9.43. The lowest BCUT2D eigenvalue weighted by atomic mass is 10.1. The van der Waals surface area contributed by atoms with Crippen LogP contribution in [0.25, 0.3) is 0 Å². The molecule has 14 heavy (non-hydrogen) atoms. The number of hydrogen-bond acceptors (Lipinski definition) is 2. The molecule has 0 spiro atoms. The Morgan fingerprint density at radius 1 is 1.21 bits per heavy atom. The van der Waals surface area contributed by atoms with Gasteiger partial charge in [-0.3, -0.25) is 4.79 Å². The van der Waals surface area contributed by atoms with Crippen molar-refractivity contribution in [3.05, 3.63) is 0 Å². The minimum absolute atomic E-state index is 0.00189. The van der Waals surface area contributed by atoms with Crippen LogP contribution in [0.2, 0.25) is 0 Å². The molecule has 1 amide bonds. The van der Waals surface area contributed by atoms with Crippen molar-refractivity contribution in [2.24, 2.45) is 0 Å². The number of nitriles is 1. The molecule has 0 aromatic rings. The minimum Gasteiger partial charge on any atom is -0.343 e. The number of rotatable bonds is 8. The van der Waals surface area contributed by atoms with E-state index in [-0.39, 0.29) is 12.5 Å². The minimum atomic E-state index is 0.00189. The van der Waals surface area contributed by atoms with Crippen molar-refractivity contribution in [1.82, 2.24) is 5.32 Å². The van der Waals surface area contributed by atoms with Crippen molar-refractivity contribution in [3.63, 3.8) is 0 Å². The first-order valence-corrected chi connectivity index (χ1v) is 5.45. The Kier molecular flexibility index (Phi) is 9.30. The molecule has 0 aliphatic rings. The second-order valence-corrected chi connectivity index (χ2v) is 3.45. The van der Waals surface area contributed by atoms with Crippen LogP contribution in [0.3, 0.4) is 0 Å². The SMILES string of the molecule is CCCCCCCCC(=O)NCC#N. The number of amides is 1. The van der Waals surface area contributed by atoms with Gasteiger partial charge in [0.25, 0.3) is 0 Å². The molecule has 0 heterocycles. The van der Waals surface area contributed by atoms with Crippen molar-refractivity contribution in [2.75, 3.05) is 6.54 Å². The molecule has 0 bridgehead atoms. The van der Waals surface area contributed by atoms with Crippen LogP contribution in [0.4, 0.5) is 0 Å². The van der Waals surface area contributed by atoms with Crippen LogP contribution in [0, 0.1) is 11.3 Å². The highest BCUT2D eigenvalue weighted by Crippen LogP contribution is 2.06. The van der Waals surface area contributed by atoms with Crippen LogP contribution < -0.4 is 5.32 Å². The first-order chi connectivity index (χ1) is 6.81. The van der Waals surface area contributed by atoms with Crippen molar-refractivity contribution in [2.45, 2.75) is 51.9 Å². The van der Waals surface area contributed by atoms with E-state index in [1.54, 1.807) is 0 Å². The molecule has 0 aromatic carbocycles. The van der Waals surface area contributed by atoms with Gasteiger partial charge in [-0.25, -0.2) is 0 Å². The largest absolute Gasteiger partial charge is 0.343 e. The first kappa shape index (κ1) is 13.0. The third kappa shape index (κ3) is 9.05. The topological polar surface area (TPSA) is 52.9 Å². The number of nitrogens with one attached hydrogen (secondary N) is 1. The summed E-state index contributed by atoms with van der Waals surface area (Å²) in [7, 11) is 0. The van der Waals surface area contributed by atoms with E-state index in [0.717, 1.165) is 12.8 Å². The van der Waals surface area contributed by atoms with Gasteiger partial charge < -0.3 is 5.32 Å². The fourth-order valence-electron chi connectivity index (χ4n) is 1.29. The summed E-state index contributed by atoms with van der Waals surface area (Å²) in [6.45, 7) is 2.32. The molecule has 3 nitrogen and oxygen atoms in total. The van der Waals surface area contributed by atoms with Crippen molar-refractivity contribution in [1.29, 1.82) is 5.26 Å². The van der Waals surface area contributed by atoms with E-state index in [9.17, 15) is 4.79 Å². The zero-order valence-corrected chi connectivity index (χ0v) is 9.01. The highest BCUT2D eigenvalue weighted by Gasteiger charge is 1.98. The van der Waals surface area contributed by atoms with Crippen molar-refractivity contribution >= 4 is 5.91 Å². The van der Waals surface area contributed by atoms with Crippen LogP contribution in [0.5, 0.6) is 0 Å². The van der Waals surface area contributed by atoms with E-state index >= 15 is 0 Å². The average molecular weight is 196 g/mol. The zero-order chi connectivity index (χ0) is 10.6. The van der Waals surface area contributed by atoms with Gasteiger partial charge in [-0.2, -0.15) is 5.26 Å². The van der Waals surface area contributed by atoms with E-state index in [1.165, 1.54) is 25.7 Å². The molecule has 80 valence electrons. The summed E-state index contributed by atoms with van der Waals surface area (Å²) in [5.41, 5.74) is 0. The Labute approximate surface area is 86.5 Å². The van der Waals surface area contributed by atoms with E-state index in [4.69, 9.17) is 5.26 Å². The number of nitrogens with zero attached hydrogens (tertiary/aromatic N) is 1. The predicted molar refractivity (Wildman–Crippen MR) is 56.6 cm³/mol. The van der Waals surface area contributed by atoms with E-state index in [2.05, 4.69) is 12.2 Å². The second kappa shape index (κ2) is 10.0. The summed E-state index contributed by atoms with van der Waals surface area (Å²) < 4.78 is 0. The zero-order valence-electron chi connectivity index (χ0n) is 9.01. The number of unbranched alkanes of at least 4 members (excludes halogenated alkanes) is 5.